The molecular formula is C12H19N5O2. The fraction of sp³-hybridized carbons (Fsp3) is 0.417. The molecule has 7 heteroatoms. The molecule has 0 bridgehead atoms. The van der Waals surface area contributed by atoms with E-state index in [0.29, 0.717) is 6.54 Å². The summed E-state index contributed by atoms with van der Waals surface area (Å²) in [5.74, 6) is -1.02. The lowest BCUT2D eigenvalue weighted by Gasteiger charge is -2.18. The van der Waals surface area contributed by atoms with Crippen LogP contribution in [0.5, 0.6) is 0 Å². The quantitative estimate of drug-likeness (QED) is 0.574. The average molecular weight is 265 g/mol. The number of nitrogens with two attached hydrogens (primary N) is 2. The number of rotatable bonds is 8. The molecule has 0 spiro atoms. The third-order valence-corrected chi connectivity index (χ3v) is 2.34. The van der Waals surface area contributed by atoms with E-state index in [4.69, 9.17) is 11.5 Å². The van der Waals surface area contributed by atoms with E-state index < -0.39 is 11.8 Å². The monoisotopic (exact) mass is 265 g/mol. The molecule has 0 atom stereocenters. The van der Waals surface area contributed by atoms with Gasteiger partial charge < -0.3 is 16.8 Å². The van der Waals surface area contributed by atoms with E-state index in [1.807, 2.05) is 19.1 Å². The number of aromatic nitrogens is 1. The van der Waals surface area contributed by atoms with Gasteiger partial charge in [-0.2, -0.15) is 0 Å². The van der Waals surface area contributed by atoms with Crippen molar-refractivity contribution in [3.63, 3.8) is 0 Å². The van der Waals surface area contributed by atoms with E-state index in [1.54, 1.807) is 11.1 Å². The van der Waals surface area contributed by atoms with Crippen molar-refractivity contribution in [3.8, 4) is 0 Å². The summed E-state index contributed by atoms with van der Waals surface area (Å²) in [5.41, 5.74) is 11.9. The summed E-state index contributed by atoms with van der Waals surface area (Å²) < 4.78 is 0. The molecule has 1 rings (SSSR count). The Balaban J connectivity index is 2.73. The second-order valence-corrected chi connectivity index (χ2v) is 4.14. The van der Waals surface area contributed by atoms with E-state index in [1.165, 1.54) is 0 Å². The van der Waals surface area contributed by atoms with Gasteiger partial charge in [-0.15, -0.1) is 0 Å². The number of primary amides is 2. The van der Waals surface area contributed by atoms with E-state index >= 15 is 0 Å². The SMILES string of the molecule is CCNc1ccnc(CN(CC(N)=O)CC(N)=O)c1. The van der Waals surface area contributed by atoms with Gasteiger partial charge in [-0.25, -0.2) is 0 Å². The maximum Gasteiger partial charge on any atom is 0.231 e. The summed E-state index contributed by atoms with van der Waals surface area (Å²) in [4.78, 5) is 27.6. The molecule has 0 saturated heterocycles. The second kappa shape index (κ2) is 7.32. The Labute approximate surface area is 112 Å². The van der Waals surface area contributed by atoms with Crippen molar-refractivity contribution in [2.24, 2.45) is 11.5 Å². The minimum absolute atomic E-state index is 0.0317. The third-order valence-electron chi connectivity index (χ3n) is 2.34. The fourth-order valence-electron chi connectivity index (χ4n) is 1.72. The van der Waals surface area contributed by atoms with E-state index in [0.717, 1.165) is 17.9 Å². The Hall–Kier alpha value is -2.15. The van der Waals surface area contributed by atoms with Crippen molar-refractivity contribution < 1.29 is 9.59 Å². The van der Waals surface area contributed by atoms with E-state index in [2.05, 4.69) is 10.3 Å². The molecule has 0 radical (unpaired) electrons. The normalized spacial score (nSPS) is 10.4. The first kappa shape index (κ1) is 14.9. The zero-order valence-electron chi connectivity index (χ0n) is 10.9. The van der Waals surface area contributed by atoms with Crippen LogP contribution in [0.2, 0.25) is 0 Å². The number of nitrogens with zero attached hydrogens (tertiary/aromatic N) is 2. The van der Waals surface area contributed by atoms with Crippen molar-refractivity contribution >= 4 is 17.5 Å². The largest absolute Gasteiger partial charge is 0.385 e. The van der Waals surface area contributed by atoms with Crippen LogP contribution in [0.3, 0.4) is 0 Å². The van der Waals surface area contributed by atoms with Gasteiger partial charge in [0.25, 0.3) is 0 Å². The van der Waals surface area contributed by atoms with Crippen molar-refractivity contribution in [1.82, 2.24) is 9.88 Å². The zero-order chi connectivity index (χ0) is 14.3. The van der Waals surface area contributed by atoms with Crippen LogP contribution < -0.4 is 16.8 Å². The fourth-order valence-corrected chi connectivity index (χ4v) is 1.72. The number of hydrogen-bond donors (Lipinski definition) is 3. The summed E-state index contributed by atoms with van der Waals surface area (Å²) in [6, 6.07) is 3.71. The predicted octanol–water partition coefficient (Wildman–Crippen LogP) is -0.714. The van der Waals surface area contributed by atoms with Crippen molar-refractivity contribution in [1.29, 1.82) is 0 Å². The highest BCUT2D eigenvalue weighted by Gasteiger charge is 2.12. The lowest BCUT2D eigenvalue weighted by Crippen LogP contribution is -2.39. The molecule has 0 saturated carbocycles. The summed E-state index contributed by atoms with van der Waals surface area (Å²) in [7, 11) is 0. The van der Waals surface area contributed by atoms with Crippen LogP contribution in [0.25, 0.3) is 0 Å². The second-order valence-electron chi connectivity index (χ2n) is 4.14. The van der Waals surface area contributed by atoms with Gasteiger partial charge in [-0.3, -0.25) is 19.5 Å². The molecule has 1 aromatic heterocycles. The van der Waals surface area contributed by atoms with E-state index in [9.17, 15) is 9.59 Å². The lowest BCUT2D eigenvalue weighted by molar-refractivity contribution is -0.122. The van der Waals surface area contributed by atoms with Crippen LogP contribution in [0.4, 0.5) is 5.69 Å². The average Bonchev–Trinajstić information content (AvgIpc) is 2.27. The van der Waals surface area contributed by atoms with Crippen LogP contribution in [0.1, 0.15) is 12.6 Å². The Morgan fingerprint density at radius 1 is 1.32 bits per heavy atom. The highest BCUT2D eigenvalue weighted by atomic mass is 16.2. The zero-order valence-corrected chi connectivity index (χ0v) is 10.9. The van der Waals surface area contributed by atoms with Gasteiger partial charge in [-0.1, -0.05) is 0 Å². The summed E-state index contributed by atoms with van der Waals surface area (Å²) in [6.07, 6.45) is 1.67. The topological polar surface area (TPSA) is 114 Å². The number of carbonyl (C=O) groups is 2. The number of pyridine rings is 1. The molecule has 19 heavy (non-hydrogen) atoms. The number of hydrogen-bond acceptors (Lipinski definition) is 5. The molecule has 1 heterocycles. The maximum atomic E-state index is 10.9. The predicted molar refractivity (Wildman–Crippen MR) is 72.1 cm³/mol. The molecule has 5 N–H and O–H groups in total. The van der Waals surface area contributed by atoms with Gasteiger partial charge in [0.2, 0.25) is 11.8 Å². The number of amides is 2. The van der Waals surface area contributed by atoms with Crippen molar-refractivity contribution in [3.05, 3.63) is 24.0 Å². The Morgan fingerprint density at radius 2 is 1.95 bits per heavy atom. The van der Waals surface area contributed by atoms with Gasteiger partial charge in [0.15, 0.2) is 0 Å². The minimum atomic E-state index is -0.510. The number of carbonyl (C=O) groups excluding carboxylic acids is 2. The maximum absolute atomic E-state index is 10.9. The molecule has 7 nitrogen and oxygen atoms in total. The third kappa shape index (κ3) is 5.82. The van der Waals surface area contributed by atoms with Crippen molar-refractivity contribution in [2.75, 3.05) is 25.0 Å². The summed E-state index contributed by atoms with van der Waals surface area (Å²) in [5, 5.41) is 3.16. The number of anilines is 1. The molecule has 2 amide bonds. The highest BCUT2D eigenvalue weighted by molar-refractivity contribution is 5.79. The molecule has 0 fully saturated rings. The highest BCUT2D eigenvalue weighted by Crippen LogP contribution is 2.09. The standard InChI is InChI=1S/C12H19N5O2/c1-2-15-9-3-4-16-10(5-9)6-17(7-11(13)18)8-12(14)19/h3-5H,2,6-8H2,1H3,(H2,13,18)(H2,14,19)(H,15,16). The van der Waals surface area contributed by atoms with Crippen LogP contribution in [0.15, 0.2) is 18.3 Å². The Kier molecular flexibility index (Phi) is 5.74. The van der Waals surface area contributed by atoms with Gasteiger partial charge in [0.1, 0.15) is 0 Å². The van der Waals surface area contributed by atoms with Crippen LogP contribution in [0, 0.1) is 0 Å². The Bertz CT molecular complexity index is 434. The molecule has 0 unspecified atom stereocenters. The first-order valence-electron chi connectivity index (χ1n) is 5.99. The number of nitrogens with one attached hydrogen (secondary N) is 1. The molecule has 0 aliphatic carbocycles. The molecule has 0 aliphatic rings. The summed E-state index contributed by atoms with van der Waals surface area (Å²) in [6.45, 7) is 3.07. The van der Waals surface area contributed by atoms with Gasteiger partial charge in [0.05, 0.1) is 18.8 Å². The van der Waals surface area contributed by atoms with Crippen LogP contribution in [-0.4, -0.2) is 41.3 Å². The Morgan fingerprint density at radius 3 is 2.47 bits per heavy atom. The molecule has 104 valence electrons. The van der Waals surface area contributed by atoms with Gasteiger partial charge >= 0.3 is 0 Å². The smallest absolute Gasteiger partial charge is 0.231 e. The first-order valence-corrected chi connectivity index (χ1v) is 5.99. The first-order chi connectivity index (χ1) is 9.01. The minimum Gasteiger partial charge on any atom is -0.385 e. The van der Waals surface area contributed by atoms with E-state index in [-0.39, 0.29) is 13.1 Å². The molecule has 0 aliphatic heterocycles. The van der Waals surface area contributed by atoms with Crippen molar-refractivity contribution in [2.45, 2.75) is 13.5 Å². The molecular weight excluding hydrogens is 246 g/mol. The van der Waals surface area contributed by atoms with Crippen LogP contribution in [-0.2, 0) is 16.1 Å². The van der Waals surface area contributed by atoms with Gasteiger partial charge in [0, 0.05) is 25.0 Å². The van der Waals surface area contributed by atoms with Gasteiger partial charge in [-0.05, 0) is 19.1 Å². The summed E-state index contributed by atoms with van der Waals surface area (Å²) >= 11 is 0. The molecule has 0 aromatic carbocycles. The molecule has 1 aromatic rings. The van der Waals surface area contributed by atoms with Crippen LogP contribution >= 0.6 is 0 Å². The lowest BCUT2D eigenvalue weighted by atomic mass is 10.3.